The first kappa shape index (κ1) is 16.8. The summed E-state index contributed by atoms with van der Waals surface area (Å²) in [6.45, 7) is 0. The van der Waals surface area contributed by atoms with Crippen molar-refractivity contribution in [1.29, 1.82) is 0 Å². The Balaban J connectivity index is 1.59. The molecule has 2 aliphatic heterocycles. The second-order valence-electron chi connectivity index (χ2n) is 6.49. The van der Waals surface area contributed by atoms with E-state index in [9.17, 15) is 22.4 Å². The summed E-state index contributed by atoms with van der Waals surface area (Å²) in [6.07, 6.45) is -1.49. The number of anilines is 1. The monoisotopic (exact) mass is 369 g/mol. The lowest BCUT2D eigenvalue weighted by Crippen LogP contribution is -2.44. The van der Waals surface area contributed by atoms with Gasteiger partial charge in [0.05, 0.1) is 6.04 Å². The van der Waals surface area contributed by atoms with E-state index in [0.717, 1.165) is 13.1 Å². The van der Waals surface area contributed by atoms with E-state index in [-0.39, 0.29) is 17.9 Å². The third-order valence-electron chi connectivity index (χ3n) is 4.98. The number of hydrogen-bond donors (Lipinski definition) is 1. The molecule has 2 aliphatic rings. The Kier molecular flexibility index (Phi) is 3.67. The standard InChI is InChI=1S/C16H15F4N5O/c1-24-12(16(18,19)20)7-13(23-24)22-15(26)25-8-2-3-11(25)9-4-5-21-14(17)10(9)6-8/h4-5,7-8,11H,2-3,6H2,1H3,(H,22,23,26)/t8-,11+/m1/s1. The van der Waals surface area contributed by atoms with E-state index >= 15 is 0 Å². The molecule has 2 amide bonds. The number of carbonyl (C=O) groups excluding carboxylic acids is 1. The number of nitrogens with one attached hydrogen (secondary N) is 1. The summed E-state index contributed by atoms with van der Waals surface area (Å²) >= 11 is 0. The molecule has 4 rings (SSSR count). The molecule has 6 nitrogen and oxygen atoms in total. The number of halogens is 4. The third-order valence-corrected chi connectivity index (χ3v) is 4.98. The summed E-state index contributed by atoms with van der Waals surface area (Å²) in [5.41, 5.74) is 0.271. The normalized spacial score (nSPS) is 21.7. The fourth-order valence-electron chi connectivity index (χ4n) is 3.89. The topological polar surface area (TPSA) is 63.1 Å². The Hall–Kier alpha value is -2.65. The summed E-state index contributed by atoms with van der Waals surface area (Å²) < 4.78 is 53.2. The highest BCUT2D eigenvalue weighted by atomic mass is 19.4. The van der Waals surface area contributed by atoms with Gasteiger partial charge < -0.3 is 4.90 Å². The van der Waals surface area contributed by atoms with Gasteiger partial charge in [0.25, 0.3) is 0 Å². The van der Waals surface area contributed by atoms with E-state index in [1.165, 1.54) is 6.20 Å². The lowest BCUT2D eigenvalue weighted by Gasteiger charge is -2.35. The molecule has 1 fully saturated rings. The predicted octanol–water partition coefficient (Wildman–Crippen LogP) is 3.27. The van der Waals surface area contributed by atoms with Crippen molar-refractivity contribution in [2.24, 2.45) is 7.05 Å². The van der Waals surface area contributed by atoms with Crippen molar-refractivity contribution in [2.45, 2.75) is 37.5 Å². The van der Waals surface area contributed by atoms with Crippen LogP contribution in [-0.4, -0.2) is 31.7 Å². The fourth-order valence-corrected chi connectivity index (χ4v) is 3.89. The molecule has 2 bridgehead atoms. The van der Waals surface area contributed by atoms with Gasteiger partial charge in [-0.2, -0.15) is 22.7 Å². The lowest BCUT2D eigenvalue weighted by atomic mass is 9.95. The van der Waals surface area contributed by atoms with Gasteiger partial charge >= 0.3 is 12.2 Å². The minimum atomic E-state index is -4.56. The number of hydrogen-bond acceptors (Lipinski definition) is 3. The number of carbonyl (C=O) groups is 1. The Bertz CT molecular complexity index is 878. The molecule has 1 saturated heterocycles. The number of amides is 2. The molecule has 0 aliphatic carbocycles. The van der Waals surface area contributed by atoms with Crippen LogP contribution in [-0.2, 0) is 19.6 Å². The predicted molar refractivity (Wildman–Crippen MR) is 82.7 cm³/mol. The Morgan fingerprint density at radius 3 is 2.81 bits per heavy atom. The maximum Gasteiger partial charge on any atom is 0.433 e. The van der Waals surface area contributed by atoms with Gasteiger partial charge in [0.1, 0.15) is 5.69 Å². The molecular formula is C16H15F4N5O. The van der Waals surface area contributed by atoms with Gasteiger partial charge in [0.2, 0.25) is 5.95 Å². The van der Waals surface area contributed by atoms with E-state index in [2.05, 4.69) is 15.4 Å². The van der Waals surface area contributed by atoms with E-state index in [0.29, 0.717) is 35.1 Å². The number of rotatable bonds is 1. The number of urea groups is 1. The van der Waals surface area contributed by atoms with Crippen molar-refractivity contribution in [2.75, 3.05) is 5.32 Å². The highest BCUT2D eigenvalue weighted by Crippen LogP contribution is 2.44. The van der Waals surface area contributed by atoms with Crippen LogP contribution in [0.3, 0.4) is 0 Å². The van der Waals surface area contributed by atoms with Crippen molar-refractivity contribution in [3.63, 3.8) is 0 Å². The van der Waals surface area contributed by atoms with Gasteiger partial charge in [0, 0.05) is 30.9 Å². The summed E-state index contributed by atoms with van der Waals surface area (Å²) in [6, 6.07) is 1.42. The van der Waals surface area contributed by atoms with Crippen LogP contribution in [0.25, 0.3) is 0 Å². The van der Waals surface area contributed by atoms with Crippen molar-refractivity contribution in [3.05, 3.63) is 41.1 Å². The summed E-state index contributed by atoms with van der Waals surface area (Å²) in [7, 11) is 1.16. The number of nitrogens with zero attached hydrogens (tertiary/aromatic N) is 4. The fraction of sp³-hybridized carbons (Fsp3) is 0.438. The first-order chi connectivity index (χ1) is 12.3. The minimum absolute atomic E-state index is 0.170. The quantitative estimate of drug-likeness (QED) is 0.620. The molecule has 138 valence electrons. The first-order valence-corrected chi connectivity index (χ1v) is 8.09. The maximum atomic E-state index is 13.9. The van der Waals surface area contributed by atoms with Gasteiger partial charge in [-0.3, -0.25) is 10.00 Å². The molecule has 4 heterocycles. The third kappa shape index (κ3) is 2.60. The largest absolute Gasteiger partial charge is 0.433 e. The molecule has 2 atom stereocenters. The number of fused-ring (bicyclic) bond motifs is 4. The molecular weight excluding hydrogens is 354 g/mol. The van der Waals surface area contributed by atoms with Crippen molar-refractivity contribution >= 4 is 11.8 Å². The molecule has 0 saturated carbocycles. The van der Waals surface area contributed by atoms with Crippen LogP contribution in [0.15, 0.2) is 18.3 Å². The van der Waals surface area contributed by atoms with Crippen LogP contribution in [0.4, 0.5) is 28.2 Å². The highest BCUT2D eigenvalue weighted by Gasteiger charge is 2.44. The Morgan fingerprint density at radius 1 is 1.35 bits per heavy atom. The van der Waals surface area contributed by atoms with Gasteiger partial charge in [-0.1, -0.05) is 0 Å². The first-order valence-electron chi connectivity index (χ1n) is 8.09. The average molecular weight is 369 g/mol. The SMILES string of the molecule is Cn1nc(NC(=O)N2[C@@H]3CC[C@H]2c2ccnc(F)c2C3)cc1C(F)(F)F. The zero-order valence-corrected chi connectivity index (χ0v) is 13.7. The number of pyridine rings is 1. The zero-order chi connectivity index (χ0) is 18.6. The van der Waals surface area contributed by atoms with E-state index in [1.54, 1.807) is 11.0 Å². The van der Waals surface area contributed by atoms with Gasteiger partial charge in [-0.25, -0.2) is 9.78 Å². The van der Waals surface area contributed by atoms with E-state index in [1.807, 2.05) is 0 Å². The van der Waals surface area contributed by atoms with Crippen LogP contribution in [0.1, 0.15) is 35.7 Å². The van der Waals surface area contributed by atoms with Gasteiger partial charge in [-0.05, 0) is 30.9 Å². The Morgan fingerprint density at radius 2 is 2.12 bits per heavy atom. The van der Waals surface area contributed by atoms with Crippen LogP contribution >= 0.6 is 0 Å². The molecule has 10 heteroatoms. The molecule has 0 unspecified atom stereocenters. The second kappa shape index (κ2) is 5.68. The van der Waals surface area contributed by atoms with Crippen molar-refractivity contribution < 1.29 is 22.4 Å². The molecule has 0 spiro atoms. The van der Waals surface area contributed by atoms with Crippen LogP contribution in [0.2, 0.25) is 0 Å². The van der Waals surface area contributed by atoms with Crippen molar-refractivity contribution in [3.8, 4) is 0 Å². The molecule has 26 heavy (non-hydrogen) atoms. The Labute approximate surface area is 145 Å². The van der Waals surface area contributed by atoms with Crippen LogP contribution < -0.4 is 5.32 Å². The maximum absolute atomic E-state index is 13.9. The van der Waals surface area contributed by atoms with Crippen molar-refractivity contribution in [1.82, 2.24) is 19.7 Å². The summed E-state index contributed by atoms with van der Waals surface area (Å²) in [4.78, 5) is 17.9. The zero-order valence-electron chi connectivity index (χ0n) is 13.7. The minimum Gasteiger partial charge on any atom is -0.314 e. The van der Waals surface area contributed by atoms with Crippen LogP contribution in [0.5, 0.6) is 0 Å². The van der Waals surface area contributed by atoms with E-state index < -0.39 is 23.8 Å². The molecule has 2 aromatic rings. The summed E-state index contributed by atoms with van der Waals surface area (Å²) in [5, 5.41) is 6.15. The molecule has 1 N–H and O–H groups in total. The molecule has 0 radical (unpaired) electrons. The summed E-state index contributed by atoms with van der Waals surface area (Å²) in [5.74, 6) is -0.699. The highest BCUT2D eigenvalue weighted by molar-refractivity contribution is 5.89. The second-order valence-corrected chi connectivity index (χ2v) is 6.49. The molecule has 0 aromatic carbocycles. The van der Waals surface area contributed by atoms with E-state index in [4.69, 9.17) is 0 Å². The smallest absolute Gasteiger partial charge is 0.314 e. The molecule has 2 aromatic heterocycles. The van der Waals surface area contributed by atoms with Gasteiger partial charge in [-0.15, -0.1) is 0 Å². The number of aryl methyl sites for hydroxylation is 1. The number of alkyl halides is 3. The van der Waals surface area contributed by atoms with Crippen LogP contribution in [0, 0.1) is 5.95 Å². The lowest BCUT2D eigenvalue weighted by molar-refractivity contribution is -0.143. The number of aromatic nitrogens is 3. The van der Waals surface area contributed by atoms with Gasteiger partial charge in [0.15, 0.2) is 5.82 Å². The average Bonchev–Trinajstić information content (AvgIpc) is 3.07.